The predicted octanol–water partition coefficient (Wildman–Crippen LogP) is 10.6. The lowest BCUT2D eigenvalue weighted by Crippen LogP contribution is -2.36. The summed E-state index contributed by atoms with van der Waals surface area (Å²) in [5.41, 5.74) is 0.776. The van der Waals surface area contributed by atoms with Crippen LogP contribution in [0.2, 0.25) is 0 Å². The van der Waals surface area contributed by atoms with Gasteiger partial charge in [-0.3, -0.25) is 4.79 Å². The van der Waals surface area contributed by atoms with Crippen LogP contribution < -0.4 is 0 Å². The Balaban J connectivity index is 1.41. The number of carboxylic acids is 4. The minimum atomic E-state index is -5.02. The van der Waals surface area contributed by atoms with Crippen LogP contribution in [0.3, 0.4) is 0 Å². The number of hydrogen-bond acceptors (Lipinski definition) is 4. The average molecular weight is 781 g/mol. The summed E-state index contributed by atoms with van der Waals surface area (Å²) in [7, 11) is 0. The average Bonchev–Trinajstić information content (AvgIpc) is 3.23. The Labute approximate surface area is 329 Å². The Morgan fingerprint density at radius 3 is 1.22 bits per heavy atom. The van der Waals surface area contributed by atoms with Gasteiger partial charge < -0.3 is 20.4 Å². The molecule has 288 valence electrons. The minimum absolute atomic E-state index is 0.00340. The lowest BCUT2D eigenvalue weighted by atomic mass is 9.70. The molecule has 0 amide bonds. The van der Waals surface area contributed by atoms with Crippen molar-refractivity contribution in [3.8, 4) is 44.5 Å². The van der Waals surface area contributed by atoms with Gasteiger partial charge in [0.15, 0.2) is 0 Å². The van der Waals surface area contributed by atoms with Crippen LogP contribution in [-0.4, -0.2) is 50.5 Å². The van der Waals surface area contributed by atoms with Gasteiger partial charge in [0.2, 0.25) is 0 Å². The first-order valence-corrected chi connectivity index (χ1v) is 17.7. The molecule has 4 N–H and O–H groups in total. The predicted molar refractivity (Wildman–Crippen MR) is 211 cm³/mol. The highest BCUT2D eigenvalue weighted by Gasteiger charge is 2.47. The van der Waals surface area contributed by atoms with Gasteiger partial charge in [-0.15, -0.1) is 0 Å². The van der Waals surface area contributed by atoms with E-state index < -0.39 is 47.0 Å². The quantitative estimate of drug-likeness (QED) is 0.100. The number of alkyl halides is 3. The summed E-state index contributed by atoms with van der Waals surface area (Å²) in [5, 5.41) is 39.2. The SMILES string of the molecule is O=C(O)c1ccc(-c2cc(-c3ccc(C(=O)O)cc3)cc(C3C=CC(C(=O)O)(c4cc(-c5ccccc5)cc(-c5ccc(C(=O)O)cc5)c4)C=C3C(F)(F)F)c2)cc1. The number of rotatable bonds is 10. The smallest absolute Gasteiger partial charge is 0.413 e. The topological polar surface area (TPSA) is 149 Å². The third-order valence-corrected chi connectivity index (χ3v) is 10.2. The first-order valence-electron chi connectivity index (χ1n) is 17.7. The van der Waals surface area contributed by atoms with E-state index in [-0.39, 0.29) is 27.8 Å². The molecule has 58 heavy (non-hydrogen) atoms. The molecule has 0 aromatic heterocycles. The summed E-state index contributed by atoms with van der Waals surface area (Å²) in [5.74, 6) is -6.53. The van der Waals surface area contributed by atoms with Crippen LogP contribution in [0.25, 0.3) is 44.5 Å². The third kappa shape index (κ3) is 7.65. The summed E-state index contributed by atoms with van der Waals surface area (Å²) in [6.45, 7) is 0. The minimum Gasteiger partial charge on any atom is -0.480 e. The fourth-order valence-corrected chi connectivity index (χ4v) is 7.13. The zero-order valence-corrected chi connectivity index (χ0v) is 30.1. The summed E-state index contributed by atoms with van der Waals surface area (Å²) in [6, 6.07) is 35.9. The number of benzene rings is 6. The van der Waals surface area contributed by atoms with Crippen molar-refractivity contribution in [1.29, 1.82) is 0 Å². The van der Waals surface area contributed by atoms with Crippen molar-refractivity contribution < 1.29 is 52.8 Å². The fraction of sp³-hybridized carbons (Fsp3) is 0.0638. The Hall–Kier alpha value is -7.53. The summed E-state index contributed by atoms with van der Waals surface area (Å²) in [6.07, 6.45) is -1.83. The van der Waals surface area contributed by atoms with Crippen molar-refractivity contribution in [2.45, 2.75) is 17.5 Å². The van der Waals surface area contributed by atoms with E-state index in [2.05, 4.69) is 0 Å². The molecule has 0 spiro atoms. The Morgan fingerprint density at radius 1 is 0.483 bits per heavy atom. The summed E-state index contributed by atoms with van der Waals surface area (Å²) < 4.78 is 46.3. The van der Waals surface area contributed by atoms with E-state index in [1.54, 1.807) is 54.6 Å². The highest BCUT2D eigenvalue weighted by Crippen LogP contribution is 2.48. The molecule has 11 heteroatoms. The van der Waals surface area contributed by atoms with Crippen molar-refractivity contribution in [3.63, 3.8) is 0 Å². The largest absolute Gasteiger partial charge is 0.480 e. The molecular formula is C47H31F3O8. The van der Waals surface area contributed by atoms with E-state index in [9.17, 15) is 39.6 Å². The van der Waals surface area contributed by atoms with Gasteiger partial charge in [-0.05, 0) is 116 Å². The molecule has 6 aromatic rings. The molecular weight excluding hydrogens is 750 g/mol. The van der Waals surface area contributed by atoms with Crippen molar-refractivity contribution >= 4 is 23.9 Å². The van der Waals surface area contributed by atoms with Gasteiger partial charge in [0, 0.05) is 11.5 Å². The molecule has 1 aliphatic rings. The molecule has 0 fully saturated rings. The van der Waals surface area contributed by atoms with Crippen LogP contribution >= 0.6 is 0 Å². The molecule has 0 radical (unpaired) electrons. The summed E-state index contributed by atoms with van der Waals surface area (Å²) in [4.78, 5) is 48.1. The van der Waals surface area contributed by atoms with Gasteiger partial charge in [-0.2, -0.15) is 13.2 Å². The molecule has 0 saturated heterocycles. The zero-order valence-electron chi connectivity index (χ0n) is 30.1. The van der Waals surface area contributed by atoms with E-state index in [1.807, 2.05) is 0 Å². The molecule has 0 aliphatic heterocycles. The Kier molecular flexibility index (Phi) is 10.1. The molecule has 0 heterocycles. The number of carbonyl (C=O) groups is 4. The van der Waals surface area contributed by atoms with Crippen LogP contribution in [0.4, 0.5) is 13.2 Å². The van der Waals surface area contributed by atoms with Gasteiger partial charge in [0.05, 0.1) is 16.7 Å². The molecule has 6 aromatic carbocycles. The number of hydrogen-bond donors (Lipinski definition) is 4. The maximum Gasteiger partial charge on any atom is 0.413 e. The van der Waals surface area contributed by atoms with Crippen LogP contribution in [0.1, 0.15) is 48.1 Å². The van der Waals surface area contributed by atoms with Gasteiger partial charge in [0.25, 0.3) is 0 Å². The lowest BCUT2D eigenvalue weighted by molar-refractivity contribution is -0.140. The zero-order chi connectivity index (χ0) is 41.4. The summed E-state index contributed by atoms with van der Waals surface area (Å²) >= 11 is 0. The normalized spacial score (nSPS) is 16.3. The van der Waals surface area contributed by atoms with E-state index in [0.717, 1.165) is 6.08 Å². The molecule has 1 aliphatic carbocycles. The maximum absolute atomic E-state index is 15.4. The van der Waals surface area contributed by atoms with Crippen LogP contribution in [0.15, 0.2) is 163 Å². The van der Waals surface area contributed by atoms with Crippen molar-refractivity contribution in [1.82, 2.24) is 0 Å². The first kappa shape index (κ1) is 38.7. The molecule has 2 atom stereocenters. The molecule has 8 nitrogen and oxygen atoms in total. The monoisotopic (exact) mass is 780 g/mol. The van der Waals surface area contributed by atoms with Gasteiger partial charge in [0.1, 0.15) is 5.41 Å². The highest BCUT2D eigenvalue weighted by atomic mass is 19.4. The first-order chi connectivity index (χ1) is 27.6. The fourth-order valence-electron chi connectivity index (χ4n) is 7.13. The number of halogens is 3. The van der Waals surface area contributed by atoms with Gasteiger partial charge >= 0.3 is 30.1 Å². The molecule has 0 bridgehead atoms. The van der Waals surface area contributed by atoms with Crippen molar-refractivity contribution in [2.24, 2.45) is 0 Å². The number of carboxylic acid groups (broad SMARTS) is 4. The Morgan fingerprint density at radius 2 is 0.862 bits per heavy atom. The standard InChI is InChI=1S/C47H31F3O8/c48-47(49,50)41-26-46(45(57)58,39-24-36(27-4-2-1-3-5-27)21-37(25-39)30-10-16-33(17-11-30)44(55)56)19-18-40(41)38-22-34(28-6-12-31(13-7-28)42(51)52)20-35(23-38)29-8-14-32(15-9-29)43(53)54/h1-26,40H,(H,51,52)(H,53,54)(H,55,56)(H,57,58). The van der Waals surface area contributed by atoms with E-state index in [0.29, 0.717) is 44.5 Å². The lowest BCUT2D eigenvalue weighted by Gasteiger charge is -2.33. The van der Waals surface area contributed by atoms with Crippen LogP contribution in [-0.2, 0) is 10.2 Å². The van der Waals surface area contributed by atoms with Gasteiger partial charge in [-0.1, -0.05) is 97.1 Å². The molecule has 2 unspecified atom stereocenters. The van der Waals surface area contributed by atoms with Crippen LogP contribution in [0.5, 0.6) is 0 Å². The maximum atomic E-state index is 15.4. The Bertz CT molecular complexity index is 2570. The van der Waals surface area contributed by atoms with Crippen molar-refractivity contribution in [2.75, 3.05) is 0 Å². The molecule has 7 rings (SSSR count). The second-order valence-electron chi connectivity index (χ2n) is 13.8. The molecule has 0 saturated carbocycles. The van der Waals surface area contributed by atoms with Gasteiger partial charge in [-0.25, -0.2) is 14.4 Å². The van der Waals surface area contributed by atoms with E-state index in [1.165, 1.54) is 97.1 Å². The van der Waals surface area contributed by atoms with E-state index in [4.69, 9.17) is 0 Å². The third-order valence-electron chi connectivity index (χ3n) is 10.2. The highest BCUT2D eigenvalue weighted by molar-refractivity contribution is 5.92. The number of aromatic carboxylic acids is 3. The van der Waals surface area contributed by atoms with Crippen LogP contribution in [0, 0.1) is 0 Å². The number of aliphatic carboxylic acids is 1. The second-order valence-corrected chi connectivity index (χ2v) is 13.8. The van der Waals surface area contributed by atoms with Crippen molar-refractivity contribution in [3.05, 3.63) is 191 Å². The second kappa shape index (κ2) is 15.2. The number of allylic oxidation sites excluding steroid dienone is 2. The van der Waals surface area contributed by atoms with E-state index >= 15 is 13.2 Å².